The monoisotopic (exact) mass is 990 g/mol. The fourth-order valence-corrected chi connectivity index (χ4v) is 12.2. The van der Waals surface area contributed by atoms with E-state index in [0.29, 0.717) is 0 Å². The molecule has 4 heterocycles. The van der Waals surface area contributed by atoms with E-state index in [0.717, 1.165) is 33.7 Å². The predicted molar refractivity (Wildman–Crippen MR) is 326 cm³/mol. The average molecular weight is 990 g/mol. The van der Waals surface area contributed by atoms with Gasteiger partial charge in [-0.15, -0.1) is 0 Å². The Morgan fingerprint density at radius 3 is 1.57 bits per heavy atom. The van der Waals surface area contributed by atoms with Crippen molar-refractivity contribution in [2.45, 2.75) is 171 Å². The van der Waals surface area contributed by atoms with Crippen molar-refractivity contribution < 1.29 is 4.42 Å². The molecular formula is C70H80BN3O. The number of hydrogen-bond donors (Lipinski definition) is 0. The van der Waals surface area contributed by atoms with Crippen LogP contribution in [-0.2, 0) is 32.5 Å². The first-order valence-electron chi connectivity index (χ1n) is 27.6. The first kappa shape index (κ1) is 50.7. The molecule has 2 aliphatic rings. The number of fused-ring (bicyclic) bond motifs is 9. The number of aromatic nitrogens is 1. The van der Waals surface area contributed by atoms with Gasteiger partial charge in [0.1, 0.15) is 11.2 Å². The minimum atomic E-state index is -0.273. The molecule has 0 atom stereocenters. The third-order valence-electron chi connectivity index (χ3n) is 16.7. The summed E-state index contributed by atoms with van der Waals surface area (Å²) in [5, 5.41) is 3.68. The van der Waals surface area contributed by atoms with Crippen LogP contribution in [0.2, 0.25) is 0 Å². The molecule has 2 aliphatic heterocycles. The topological polar surface area (TPSA) is 24.6 Å². The summed E-state index contributed by atoms with van der Waals surface area (Å²) in [6.45, 7) is 46.3. The number of aryl methyl sites for hydroxylation is 2. The summed E-state index contributed by atoms with van der Waals surface area (Å²) >= 11 is 0. The Kier molecular flexibility index (Phi) is 11.2. The highest BCUT2D eigenvalue weighted by Crippen LogP contribution is 2.54. The van der Waals surface area contributed by atoms with E-state index < -0.39 is 0 Å². The second-order valence-corrected chi connectivity index (χ2v) is 28.5. The summed E-state index contributed by atoms with van der Waals surface area (Å²) in [4.78, 5) is 5.15. The quantitative estimate of drug-likeness (QED) is 0.164. The van der Waals surface area contributed by atoms with E-state index >= 15 is 0 Å². The molecule has 9 aromatic rings. The highest BCUT2D eigenvalue weighted by molar-refractivity contribution is 6.89. The molecular weight excluding hydrogens is 910 g/mol. The fourth-order valence-electron chi connectivity index (χ4n) is 12.2. The minimum absolute atomic E-state index is 0.00713. The Morgan fingerprint density at radius 2 is 1.01 bits per heavy atom. The zero-order chi connectivity index (χ0) is 54.0. The lowest BCUT2D eigenvalue weighted by atomic mass is 9.47. The van der Waals surface area contributed by atoms with Crippen LogP contribution in [0.15, 0.2) is 126 Å². The summed E-state index contributed by atoms with van der Waals surface area (Å²) in [7, 11) is 0. The van der Waals surface area contributed by atoms with Crippen LogP contribution in [-0.4, -0.2) is 11.3 Å². The predicted octanol–water partition coefficient (Wildman–Crippen LogP) is 18.8. The van der Waals surface area contributed by atoms with Crippen molar-refractivity contribution in [1.29, 1.82) is 0 Å². The van der Waals surface area contributed by atoms with Crippen LogP contribution >= 0.6 is 0 Å². The van der Waals surface area contributed by atoms with Gasteiger partial charge in [0.15, 0.2) is 0 Å². The van der Waals surface area contributed by atoms with E-state index in [4.69, 9.17) is 4.42 Å². The van der Waals surface area contributed by atoms with Gasteiger partial charge in [-0.3, -0.25) is 0 Å². The van der Waals surface area contributed by atoms with Crippen LogP contribution in [0.25, 0.3) is 43.9 Å². The number of benzene rings is 7. The Balaban J connectivity index is 1.34. The van der Waals surface area contributed by atoms with Gasteiger partial charge < -0.3 is 18.7 Å². The van der Waals surface area contributed by atoms with E-state index in [1.807, 2.05) is 0 Å². The largest absolute Gasteiger partial charge is 0.466 e. The van der Waals surface area contributed by atoms with Gasteiger partial charge in [-0.25, -0.2) is 0 Å². The van der Waals surface area contributed by atoms with E-state index in [-0.39, 0.29) is 39.3 Å². The molecule has 0 aliphatic carbocycles. The highest BCUT2D eigenvalue weighted by atomic mass is 16.3. The van der Waals surface area contributed by atoms with Crippen LogP contribution in [0.3, 0.4) is 0 Å². The summed E-state index contributed by atoms with van der Waals surface area (Å²) in [6, 6.07) is 47.7. The molecule has 75 heavy (non-hydrogen) atoms. The zero-order valence-electron chi connectivity index (χ0n) is 48.9. The van der Waals surface area contributed by atoms with Crippen LogP contribution < -0.4 is 20.9 Å². The van der Waals surface area contributed by atoms with Gasteiger partial charge in [0.25, 0.3) is 0 Å². The number of furan rings is 1. The second-order valence-electron chi connectivity index (χ2n) is 28.5. The maximum Gasteiger partial charge on any atom is 0.375 e. The summed E-state index contributed by atoms with van der Waals surface area (Å²) < 4.78 is 10.5. The molecule has 0 bridgehead atoms. The number of anilines is 6. The molecule has 0 N–H and O–H groups in total. The van der Waals surface area contributed by atoms with Crippen molar-refractivity contribution in [3.8, 4) is 11.1 Å². The van der Waals surface area contributed by atoms with Gasteiger partial charge in [0.05, 0.1) is 17.1 Å². The van der Waals surface area contributed by atoms with Gasteiger partial charge in [-0.1, -0.05) is 191 Å². The smallest absolute Gasteiger partial charge is 0.375 e. The van der Waals surface area contributed by atoms with Crippen LogP contribution in [0.4, 0.5) is 34.1 Å². The molecule has 0 amide bonds. The van der Waals surface area contributed by atoms with Crippen LogP contribution in [0, 0.1) is 13.8 Å². The summed E-state index contributed by atoms with van der Waals surface area (Å²) in [6.07, 6.45) is 0. The molecule has 0 spiro atoms. The molecule has 4 nitrogen and oxygen atoms in total. The van der Waals surface area contributed by atoms with Crippen molar-refractivity contribution in [1.82, 2.24) is 4.48 Å². The first-order valence-corrected chi connectivity index (χ1v) is 27.6. The van der Waals surface area contributed by atoms with Crippen LogP contribution in [0.5, 0.6) is 0 Å². The van der Waals surface area contributed by atoms with Crippen molar-refractivity contribution in [2.75, 3.05) is 9.80 Å². The average Bonchev–Trinajstić information content (AvgIpc) is 3.87. The van der Waals surface area contributed by atoms with E-state index in [1.165, 1.54) is 100.0 Å². The lowest BCUT2D eigenvalue weighted by Crippen LogP contribution is -2.56. The number of hydrogen-bond acceptors (Lipinski definition) is 3. The summed E-state index contributed by atoms with van der Waals surface area (Å²) in [5.74, 6) is 0. The molecule has 11 rings (SSSR count). The van der Waals surface area contributed by atoms with Gasteiger partial charge in [0, 0.05) is 55.4 Å². The van der Waals surface area contributed by atoms with Crippen LogP contribution in [0.1, 0.15) is 169 Å². The number of para-hydroxylation sites is 1. The molecule has 2 aromatic heterocycles. The molecule has 0 fully saturated rings. The van der Waals surface area contributed by atoms with Crippen molar-refractivity contribution in [2.24, 2.45) is 0 Å². The molecule has 0 saturated carbocycles. The Labute approximate surface area is 449 Å². The number of nitrogens with zero attached hydrogens (tertiary/aromatic N) is 3. The highest BCUT2D eigenvalue weighted by Gasteiger charge is 2.48. The lowest BCUT2D eigenvalue weighted by Gasteiger charge is -2.40. The molecule has 0 saturated heterocycles. The van der Waals surface area contributed by atoms with Gasteiger partial charge in [0.2, 0.25) is 0 Å². The Bertz CT molecular complexity index is 3760. The molecule has 5 heteroatoms. The van der Waals surface area contributed by atoms with Crippen molar-refractivity contribution in [3.05, 3.63) is 166 Å². The minimum Gasteiger partial charge on any atom is -0.466 e. The van der Waals surface area contributed by atoms with Crippen molar-refractivity contribution in [3.63, 3.8) is 0 Å². The molecule has 0 radical (unpaired) electrons. The summed E-state index contributed by atoms with van der Waals surface area (Å²) in [5.41, 5.74) is 25.0. The maximum atomic E-state index is 7.85. The third kappa shape index (κ3) is 8.08. The second kappa shape index (κ2) is 16.5. The van der Waals surface area contributed by atoms with E-state index in [2.05, 4.69) is 274 Å². The van der Waals surface area contributed by atoms with Crippen molar-refractivity contribution >= 4 is 84.9 Å². The SMILES string of the molecule is Cc1cccc(C)c1N(c1ccc(C(C)(C)C)cc1)c1ccc2c3c1c1cc(C(C)(C)C)ccc1n3B1c3oc4c(C(C)(C)C)cc(C(C)(C)C)cc4c3N(c3ccc(C(C)(C)C)cc3)c3cc(C(C)(C)C)cc-2c31. The standard InChI is InChI=1S/C70H80BN3O/c1-41-22-21-23-42(2)60(41)72(48-29-24-43(25-30-48)65(3,4)5)56-35-33-50-51-37-47(69(15,16)17)40-57-59(51)71(74-55-34-28-45(67(9,10)11)36-52(55)58(56)61(50)74)64-62(73(57)49-31-26-44(27-32-49)66(6,7)8)53-38-46(68(12,13)14)39-54(63(53)75-64)70(18,19)20/h21-40H,1-20H3. The Morgan fingerprint density at radius 1 is 0.480 bits per heavy atom. The Hall–Kier alpha value is -6.46. The molecule has 384 valence electrons. The first-order chi connectivity index (χ1) is 34.8. The van der Waals surface area contributed by atoms with E-state index in [1.54, 1.807) is 0 Å². The number of rotatable bonds is 4. The normalized spacial score (nSPS) is 14.1. The third-order valence-corrected chi connectivity index (χ3v) is 16.7. The maximum absolute atomic E-state index is 7.85. The van der Waals surface area contributed by atoms with Gasteiger partial charge in [-0.2, -0.15) is 0 Å². The lowest BCUT2D eigenvalue weighted by molar-refractivity contribution is 0.557. The molecule has 0 unspecified atom stereocenters. The molecule has 7 aromatic carbocycles. The van der Waals surface area contributed by atoms with E-state index in [9.17, 15) is 0 Å². The van der Waals surface area contributed by atoms with Gasteiger partial charge in [-0.05, 0) is 151 Å². The zero-order valence-corrected chi connectivity index (χ0v) is 48.9. The fraction of sp³-hybridized carbons (Fsp3) is 0.371. The van der Waals surface area contributed by atoms with Gasteiger partial charge >= 0.3 is 6.85 Å².